The van der Waals surface area contributed by atoms with E-state index in [-0.39, 0.29) is 16.9 Å². The lowest BCUT2D eigenvalue weighted by Crippen LogP contribution is -2.57. The fourth-order valence-corrected chi connectivity index (χ4v) is 9.10. The molecule has 1 saturated heterocycles. The Hall–Kier alpha value is -0.640. The molecular weight excluding hydrogens is 408 g/mol. The smallest absolute Gasteiger partial charge is 0.0845 e. The van der Waals surface area contributed by atoms with Crippen LogP contribution in [0.2, 0.25) is 0 Å². The van der Waals surface area contributed by atoms with E-state index < -0.39 is 0 Å². The fraction of sp³-hybridized carbons (Fsp3) is 0.731. The van der Waals surface area contributed by atoms with Gasteiger partial charge in [0.05, 0.1) is 4.99 Å². The van der Waals surface area contributed by atoms with Crippen LogP contribution in [0.1, 0.15) is 64.9 Å². The molecule has 4 bridgehead atoms. The van der Waals surface area contributed by atoms with Crippen molar-refractivity contribution in [3.8, 4) is 0 Å². The Morgan fingerprint density at radius 1 is 1.17 bits per heavy atom. The normalized spacial score (nSPS) is 43.9. The summed E-state index contributed by atoms with van der Waals surface area (Å²) in [6.45, 7) is 9.17. The van der Waals surface area contributed by atoms with Crippen molar-refractivity contribution in [3.05, 3.63) is 35.9 Å². The molecule has 1 aromatic carbocycles. The highest BCUT2D eigenvalue weighted by atomic mass is 35.5. The third kappa shape index (κ3) is 2.80. The van der Waals surface area contributed by atoms with Gasteiger partial charge in [-0.15, -0.1) is 11.6 Å². The summed E-state index contributed by atoms with van der Waals surface area (Å²) in [4.78, 5) is 3.81. The van der Waals surface area contributed by atoms with Crippen LogP contribution < -0.4 is 5.73 Å². The second-order valence-electron chi connectivity index (χ2n) is 11.9. The van der Waals surface area contributed by atoms with Gasteiger partial charge in [0.2, 0.25) is 0 Å². The molecule has 1 aromatic rings. The second kappa shape index (κ2) is 6.93. The Morgan fingerprint density at radius 2 is 1.90 bits per heavy atom. The molecule has 4 saturated carbocycles. The molecule has 0 amide bonds. The van der Waals surface area contributed by atoms with E-state index >= 15 is 0 Å². The van der Waals surface area contributed by atoms with Crippen LogP contribution >= 0.6 is 23.8 Å². The lowest BCUT2D eigenvalue weighted by atomic mass is 9.57. The molecule has 6 rings (SSSR count). The highest BCUT2D eigenvalue weighted by Gasteiger charge is 2.73. The topological polar surface area (TPSA) is 29.3 Å². The van der Waals surface area contributed by atoms with Gasteiger partial charge in [-0.1, -0.05) is 63.3 Å². The van der Waals surface area contributed by atoms with Crippen molar-refractivity contribution in [2.75, 3.05) is 19.0 Å². The highest BCUT2D eigenvalue weighted by Crippen LogP contribution is 2.77. The van der Waals surface area contributed by atoms with Crippen molar-refractivity contribution < 1.29 is 0 Å². The van der Waals surface area contributed by atoms with Crippen molar-refractivity contribution >= 4 is 28.8 Å². The van der Waals surface area contributed by atoms with Crippen molar-refractivity contribution in [3.63, 3.8) is 0 Å². The third-order valence-corrected chi connectivity index (χ3v) is 10.8. The van der Waals surface area contributed by atoms with E-state index in [1.54, 1.807) is 5.56 Å². The number of likely N-dealkylation sites (tertiary alicyclic amines) is 1. The molecule has 6 atom stereocenters. The van der Waals surface area contributed by atoms with E-state index in [1.807, 2.05) is 0 Å². The third-order valence-electron chi connectivity index (χ3n) is 9.94. The van der Waals surface area contributed by atoms with Crippen molar-refractivity contribution in [2.24, 2.45) is 33.8 Å². The summed E-state index contributed by atoms with van der Waals surface area (Å²) >= 11 is 12.8. The van der Waals surface area contributed by atoms with E-state index in [0.29, 0.717) is 16.7 Å². The first kappa shape index (κ1) is 21.2. The predicted molar refractivity (Wildman–Crippen MR) is 130 cm³/mol. The van der Waals surface area contributed by atoms with Crippen LogP contribution in [0.3, 0.4) is 0 Å². The monoisotopic (exact) mass is 444 g/mol. The first-order valence-corrected chi connectivity index (χ1v) is 12.8. The molecular formula is C26H37ClN2S. The second-order valence-corrected chi connectivity index (χ2v) is 12.7. The van der Waals surface area contributed by atoms with Crippen LogP contribution in [0.25, 0.3) is 0 Å². The molecule has 2 nitrogen and oxygen atoms in total. The summed E-state index contributed by atoms with van der Waals surface area (Å²) in [5, 5.41) is 0. The minimum atomic E-state index is 0.116. The van der Waals surface area contributed by atoms with Gasteiger partial charge in [-0.05, 0) is 72.2 Å². The van der Waals surface area contributed by atoms with Crippen LogP contribution in [0.15, 0.2) is 30.3 Å². The number of halogens is 1. The Labute approximate surface area is 192 Å². The number of nitrogens with zero attached hydrogens (tertiary/aromatic N) is 1. The van der Waals surface area contributed by atoms with Crippen molar-refractivity contribution in [1.29, 1.82) is 0 Å². The standard InChI is InChI=1S/C26H37ClN2S/c1-23(2)17-29(12-9-21(23)28)22(30)26-14-19-13-25(16-26,18-7-5-4-6-8-18)15-20(26)24(19,3)10-11-27/h4-8,19-21H,9-17,28H2,1-3H3/t19?,20?,21-,24?,25?,26?/m0/s1. The number of hydrogen-bond acceptors (Lipinski definition) is 2. The minimum Gasteiger partial charge on any atom is -0.365 e. The number of hydrogen-bond donors (Lipinski definition) is 1. The first-order chi connectivity index (χ1) is 14.2. The minimum absolute atomic E-state index is 0.116. The zero-order chi connectivity index (χ0) is 21.4. The molecule has 5 aliphatic rings. The summed E-state index contributed by atoms with van der Waals surface area (Å²) in [5.74, 6) is 2.13. The molecule has 5 fully saturated rings. The maximum absolute atomic E-state index is 6.46. The van der Waals surface area contributed by atoms with Crippen LogP contribution in [-0.2, 0) is 5.41 Å². The summed E-state index contributed by atoms with van der Waals surface area (Å²) < 4.78 is 0. The summed E-state index contributed by atoms with van der Waals surface area (Å²) in [6, 6.07) is 11.6. The highest BCUT2D eigenvalue weighted by molar-refractivity contribution is 7.80. The first-order valence-electron chi connectivity index (χ1n) is 11.8. The molecule has 2 N–H and O–H groups in total. The maximum atomic E-state index is 6.46. The lowest BCUT2D eigenvalue weighted by molar-refractivity contribution is 0.0682. The number of piperidine rings is 1. The SMILES string of the molecule is CC1(CCCl)C2CC3(c4ccccc4)CC1C(C(=S)N1CC[C@H](N)C(C)(C)C1)(C2)C3. The van der Waals surface area contributed by atoms with E-state index in [9.17, 15) is 0 Å². The molecule has 1 aliphatic heterocycles. The predicted octanol–water partition coefficient (Wildman–Crippen LogP) is 5.77. The zero-order valence-electron chi connectivity index (χ0n) is 18.8. The van der Waals surface area contributed by atoms with Gasteiger partial charge in [-0.25, -0.2) is 0 Å². The van der Waals surface area contributed by atoms with Gasteiger partial charge in [-0.2, -0.15) is 0 Å². The Balaban J connectivity index is 1.53. The van der Waals surface area contributed by atoms with Crippen molar-refractivity contribution in [1.82, 2.24) is 4.90 Å². The average molecular weight is 445 g/mol. The number of nitrogens with two attached hydrogens (primary N) is 1. The summed E-state index contributed by atoms with van der Waals surface area (Å²) in [7, 11) is 0. The van der Waals surface area contributed by atoms with E-state index in [4.69, 9.17) is 29.6 Å². The number of rotatable bonds is 4. The lowest BCUT2D eigenvalue weighted by Gasteiger charge is -2.49. The molecule has 0 aromatic heterocycles. The molecule has 0 radical (unpaired) electrons. The molecule has 1 heterocycles. The molecule has 4 heteroatoms. The molecule has 5 unspecified atom stereocenters. The number of alkyl halides is 1. The van der Waals surface area contributed by atoms with Gasteiger partial charge in [0.15, 0.2) is 0 Å². The van der Waals surface area contributed by atoms with Gasteiger partial charge < -0.3 is 10.6 Å². The Morgan fingerprint density at radius 3 is 2.57 bits per heavy atom. The number of benzene rings is 1. The van der Waals surface area contributed by atoms with Crippen LogP contribution in [0.5, 0.6) is 0 Å². The average Bonchev–Trinajstić information content (AvgIpc) is 3.07. The van der Waals surface area contributed by atoms with Gasteiger partial charge in [0.25, 0.3) is 0 Å². The van der Waals surface area contributed by atoms with E-state index in [1.165, 1.54) is 30.7 Å². The van der Waals surface area contributed by atoms with Gasteiger partial charge in [-0.3, -0.25) is 0 Å². The zero-order valence-corrected chi connectivity index (χ0v) is 20.4. The quantitative estimate of drug-likeness (QED) is 0.472. The fourth-order valence-electron chi connectivity index (χ4n) is 8.24. The largest absolute Gasteiger partial charge is 0.365 e. The van der Waals surface area contributed by atoms with E-state index in [2.05, 4.69) is 56.0 Å². The number of thiocarbonyl (C=S) groups is 1. The molecule has 0 spiro atoms. The maximum Gasteiger partial charge on any atom is 0.0845 e. The molecule has 164 valence electrons. The van der Waals surface area contributed by atoms with Gasteiger partial charge >= 0.3 is 0 Å². The Kier molecular flexibility index (Phi) is 4.90. The summed E-state index contributed by atoms with van der Waals surface area (Å²) in [5.41, 5.74) is 8.89. The van der Waals surface area contributed by atoms with Crippen LogP contribution in [0, 0.1) is 28.1 Å². The van der Waals surface area contributed by atoms with Crippen LogP contribution in [-0.4, -0.2) is 34.9 Å². The summed E-state index contributed by atoms with van der Waals surface area (Å²) in [6.07, 6.45) is 7.24. The van der Waals surface area contributed by atoms with E-state index in [0.717, 1.165) is 37.7 Å². The molecule has 30 heavy (non-hydrogen) atoms. The van der Waals surface area contributed by atoms with Gasteiger partial charge in [0.1, 0.15) is 0 Å². The van der Waals surface area contributed by atoms with Crippen molar-refractivity contribution in [2.45, 2.75) is 70.8 Å². The van der Waals surface area contributed by atoms with Gasteiger partial charge in [0, 0.05) is 30.4 Å². The van der Waals surface area contributed by atoms with Crippen LogP contribution in [0.4, 0.5) is 0 Å². The Bertz CT molecular complexity index is 841. The molecule has 4 aliphatic carbocycles.